The molecule has 2 aromatic heterocycles. The number of nitrogens with one attached hydrogen (secondary N) is 1. The van der Waals surface area contributed by atoms with E-state index in [9.17, 15) is 14.7 Å². The number of rotatable bonds is 4. The number of fused-ring (bicyclic) bond motifs is 1. The number of aliphatic carboxylic acids is 1. The second kappa shape index (κ2) is 6.20. The molecule has 3 rings (SSSR count). The molecule has 1 fully saturated rings. The maximum absolute atomic E-state index is 12.6. The molecule has 1 saturated heterocycles. The summed E-state index contributed by atoms with van der Waals surface area (Å²) in [5, 5.41) is 16.7. The first kappa shape index (κ1) is 16.4. The van der Waals surface area contributed by atoms with E-state index >= 15 is 0 Å². The number of carboxylic acids is 1. The summed E-state index contributed by atoms with van der Waals surface area (Å²) in [5.74, 6) is -1.27. The average molecular weight is 333 g/mol. The number of pyridine rings is 1. The second-order valence-corrected chi connectivity index (χ2v) is 6.14. The van der Waals surface area contributed by atoms with Crippen LogP contribution in [0.1, 0.15) is 34.6 Å². The highest BCUT2D eigenvalue weighted by Crippen LogP contribution is 2.30. The lowest BCUT2D eigenvalue weighted by Crippen LogP contribution is -2.46. The van der Waals surface area contributed by atoms with Crippen molar-refractivity contribution in [1.82, 2.24) is 15.5 Å². The minimum atomic E-state index is -0.987. The van der Waals surface area contributed by atoms with Gasteiger partial charge in [0.15, 0.2) is 0 Å². The number of amides is 1. The molecule has 0 bridgehead atoms. The third-order valence-corrected chi connectivity index (χ3v) is 4.48. The van der Waals surface area contributed by atoms with E-state index < -0.39 is 11.4 Å². The van der Waals surface area contributed by atoms with Crippen molar-refractivity contribution < 1.29 is 24.0 Å². The highest BCUT2D eigenvalue weighted by Gasteiger charge is 2.40. The monoisotopic (exact) mass is 333 g/mol. The smallest absolute Gasteiger partial charge is 0.311 e. The standard InChI is InChI=1S/C16H19N3O5/c1-9-7-11(12-10(2)19-24-14(12)18-9)13(20)17-8-16(15(21)22)3-5-23-6-4-16/h7H,3-6,8H2,1-2H3,(H,17,20)(H,21,22). The van der Waals surface area contributed by atoms with Gasteiger partial charge in [-0.3, -0.25) is 9.59 Å². The van der Waals surface area contributed by atoms with Crippen molar-refractivity contribution >= 4 is 23.0 Å². The lowest BCUT2D eigenvalue weighted by molar-refractivity contribution is -0.154. The van der Waals surface area contributed by atoms with E-state index in [0.29, 0.717) is 54.1 Å². The van der Waals surface area contributed by atoms with E-state index in [0.717, 1.165) is 0 Å². The molecule has 0 aromatic carbocycles. The Morgan fingerprint density at radius 3 is 2.71 bits per heavy atom. The summed E-state index contributed by atoms with van der Waals surface area (Å²) >= 11 is 0. The summed E-state index contributed by atoms with van der Waals surface area (Å²) in [4.78, 5) is 28.5. The zero-order chi connectivity index (χ0) is 17.3. The molecule has 1 aliphatic heterocycles. The van der Waals surface area contributed by atoms with Gasteiger partial charge in [-0.25, -0.2) is 4.98 Å². The fourth-order valence-electron chi connectivity index (χ4n) is 2.97. The molecule has 0 unspecified atom stereocenters. The average Bonchev–Trinajstić information content (AvgIpc) is 2.93. The van der Waals surface area contributed by atoms with Gasteiger partial charge in [0.05, 0.1) is 22.1 Å². The van der Waals surface area contributed by atoms with E-state index in [2.05, 4.69) is 15.5 Å². The number of nitrogens with zero attached hydrogens (tertiary/aromatic N) is 2. The van der Waals surface area contributed by atoms with Gasteiger partial charge in [-0.05, 0) is 32.8 Å². The van der Waals surface area contributed by atoms with Gasteiger partial charge in [-0.15, -0.1) is 0 Å². The topological polar surface area (TPSA) is 115 Å². The molecule has 8 nitrogen and oxygen atoms in total. The second-order valence-electron chi connectivity index (χ2n) is 6.14. The van der Waals surface area contributed by atoms with Gasteiger partial charge in [0.2, 0.25) is 0 Å². The number of carboxylic acid groups (broad SMARTS) is 1. The highest BCUT2D eigenvalue weighted by atomic mass is 16.5. The van der Waals surface area contributed by atoms with Gasteiger partial charge in [-0.1, -0.05) is 5.16 Å². The molecule has 0 spiro atoms. The number of carbonyl (C=O) groups is 2. The highest BCUT2D eigenvalue weighted by molar-refractivity contribution is 6.06. The minimum absolute atomic E-state index is 0.0533. The normalized spacial score (nSPS) is 16.9. The molecular formula is C16H19N3O5. The lowest BCUT2D eigenvalue weighted by atomic mass is 9.80. The van der Waals surface area contributed by atoms with Gasteiger partial charge in [0, 0.05) is 25.5 Å². The molecule has 24 heavy (non-hydrogen) atoms. The third kappa shape index (κ3) is 2.84. The maximum Gasteiger partial charge on any atom is 0.311 e. The van der Waals surface area contributed by atoms with Crippen LogP contribution in [-0.4, -0.2) is 46.9 Å². The lowest BCUT2D eigenvalue weighted by Gasteiger charge is -2.33. The van der Waals surface area contributed by atoms with Crippen LogP contribution in [0.4, 0.5) is 0 Å². The van der Waals surface area contributed by atoms with Gasteiger partial charge >= 0.3 is 5.97 Å². The predicted molar refractivity (Wildman–Crippen MR) is 83.7 cm³/mol. The molecule has 1 aliphatic rings. The van der Waals surface area contributed by atoms with E-state index in [1.54, 1.807) is 19.9 Å². The summed E-state index contributed by atoms with van der Waals surface area (Å²) < 4.78 is 10.4. The van der Waals surface area contributed by atoms with Crippen LogP contribution in [0.25, 0.3) is 11.1 Å². The van der Waals surface area contributed by atoms with Crippen molar-refractivity contribution in [3.05, 3.63) is 23.0 Å². The number of carbonyl (C=O) groups excluding carboxylic acids is 1. The molecule has 2 N–H and O–H groups in total. The summed E-state index contributed by atoms with van der Waals surface area (Å²) in [6.07, 6.45) is 0.749. The first-order valence-electron chi connectivity index (χ1n) is 7.76. The van der Waals surface area contributed by atoms with Crippen molar-refractivity contribution in [2.45, 2.75) is 26.7 Å². The Kier molecular flexibility index (Phi) is 4.23. The molecule has 0 aliphatic carbocycles. The van der Waals surface area contributed by atoms with Crippen LogP contribution in [0.2, 0.25) is 0 Å². The Bertz CT molecular complexity index is 792. The van der Waals surface area contributed by atoms with Crippen LogP contribution >= 0.6 is 0 Å². The summed E-state index contributed by atoms with van der Waals surface area (Å²) in [6.45, 7) is 4.30. The summed E-state index contributed by atoms with van der Waals surface area (Å²) in [7, 11) is 0. The first-order chi connectivity index (χ1) is 11.4. The SMILES string of the molecule is Cc1cc(C(=O)NCC2(C(=O)O)CCOCC2)c2c(C)noc2n1. The van der Waals surface area contributed by atoms with Gasteiger partial charge in [0.1, 0.15) is 0 Å². The zero-order valence-electron chi connectivity index (χ0n) is 13.6. The molecular weight excluding hydrogens is 314 g/mol. The molecule has 1 amide bonds. The largest absolute Gasteiger partial charge is 0.481 e. The molecule has 3 heterocycles. The van der Waals surface area contributed by atoms with Crippen molar-refractivity contribution in [3.63, 3.8) is 0 Å². The number of hydrogen-bond acceptors (Lipinski definition) is 6. The first-order valence-corrected chi connectivity index (χ1v) is 7.76. The predicted octanol–water partition coefficient (Wildman–Crippen LogP) is 1.45. The van der Waals surface area contributed by atoms with E-state index in [4.69, 9.17) is 9.26 Å². The van der Waals surface area contributed by atoms with Gasteiger partial charge in [0.25, 0.3) is 11.6 Å². The van der Waals surface area contributed by atoms with Crippen LogP contribution in [0, 0.1) is 19.3 Å². The Morgan fingerprint density at radius 1 is 1.33 bits per heavy atom. The van der Waals surface area contributed by atoms with Gasteiger partial charge in [-0.2, -0.15) is 0 Å². The number of aromatic nitrogens is 2. The number of aryl methyl sites for hydroxylation is 2. The Morgan fingerprint density at radius 2 is 2.04 bits per heavy atom. The fourth-order valence-corrected chi connectivity index (χ4v) is 2.97. The van der Waals surface area contributed by atoms with Crippen LogP contribution in [0.15, 0.2) is 10.6 Å². The van der Waals surface area contributed by atoms with Crippen molar-refractivity contribution in [3.8, 4) is 0 Å². The van der Waals surface area contributed by atoms with E-state index in [1.165, 1.54) is 0 Å². The van der Waals surface area contributed by atoms with E-state index in [-0.39, 0.29) is 12.5 Å². The Hall–Kier alpha value is -2.48. The molecule has 0 atom stereocenters. The van der Waals surface area contributed by atoms with Crippen LogP contribution in [0.5, 0.6) is 0 Å². The summed E-state index contributed by atoms with van der Waals surface area (Å²) in [5.41, 5.74) is 0.906. The molecule has 8 heteroatoms. The third-order valence-electron chi connectivity index (χ3n) is 4.48. The molecule has 2 aromatic rings. The fraction of sp³-hybridized carbons (Fsp3) is 0.500. The number of ether oxygens (including phenoxy) is 1. The quantitative estimate of drug-likeness (QED) is 0.870. The van der Waals surface area contributed by atoms with Crippen molar-refractivity contribution in [2.75, 3.05) is 19.8 Å². The molecule has 128 valence electrons. The molecule has 0 radical (unpaired) electrons. The molecule has 0 saturated carbocycles. The number of hydrogen-bond donors (Lipinski definition) is 2. The van der Waals surface area contributed by atoms with Gasteiger partial charge < -0.3 is 19.7 Å². The minimum Gasteiger partial charge on any atom is -0.481 e. The van der Waals surface area contributed by atoms with Crippen molar-refractivity contribution in [1.29, 1.82) is 0 Å². The Labute approximate surface area is 138 Å². The Balaban J connectivity index is 1.85. The summed E-state index contributed by atoms with van der Waals surface area (Å²) in [6, 6.07) is 1.65. The maximum atomic E-state index is 12.6. The van der Waals surface area contributed by atoms with Crippen LogP contribution in [-0.2, 0) is 9.53 Å². The zero-order valence-corrected chi connectivity index (χ0v) is 13.6. The van der Waals surface area contributed by atoms with Crippen LogP contribution in [0.3, 0.4) is 0 Å². The van der Waals surface area contributed by atoms with Crippen LogP contribution < -0.4 is 5.32 Å². The van der Waals surface area contributed by atoms with Crippen molar-refractivity contribution in [2.24, 2.45) is 5.41 Å². The van der Waals surface area contributed by atoms with E-state index in [1.807, 2.05) is 0 Å².